The number of esters is 1. The summed E-state index contributed by atoms with van der Waals surface area (Å²) in [5.74, 6) is 0.258. The van der Waals surface area contributed by atoms with Crippen LogP contribution in [0.2, 0.25) is 5.02 Å². The third-order valence-electron chi connectivity index (χ3n) is 4.47. The number of ether oxygens (including phenoxy) is 2. The van der Waals surface area contributed by atoms with Crippen molar-refractivity contribution in [1.29, 1.82) is 0 Å². The fourth-order valence-corrected chi connectivity index (χ4v) is 3.41. The van der Waals surface area contributed by atoms with Crippen LogP contribution in [0.1, 0.15) is 10.4 Å². The monoisotopic (exact) mass is 481 g/mol. The summed E-state index contributed by atoms with van der Waals surface area (Å²) in [6.07, 6.45) is 0. The zero-order valence-corrected chi connectivity index (χ0v) is 18.2. The number of nitrogens with zero attached hydrogens (tertiary/aromatic N) is 1. The minimum atomic E-state index is -0.410. The molecule has 0 aliphatic heterocycles. The summed E-state index contributed by atoms with van der Waals surface area (Å²) in [7, 11) is 0. The summed E-state index contributed by atoms with van der Waals surface area (Å²) >= 11 is 9.30. The lowest BCUT2D eigenvalue weighted by Crippen LogP contribution is -2.13. The second-order valence-corrected chi connectivity index (χ2v) is 7.87. The Balaban J connectivity index is 1.52. The summed E-state index contributed by atoms with van der Waals surface area (Å²) in [4.78, 5) is 17.5. The maximum absolute atomic E-state index is 12.8. The summed E-state index contributed by atoms with van der Waals surface area (Å²) in [5, 5.41) is 1.39. The van der Waals surface area contributed by atoms with E-state index in [4.69, 9.17) is 26.1 Å². The van der Waals surface area contributed by atoms with Crippen LogP contribution in [0.3, 0.4) is 0 Å². The van der Waals surface area contributed by atoms with Crippen LogP contribution in [0.25, 0.3) is 22.2 Å². The minimum absolute atomic E-state index is 0.131. The van der Waals surface area contributed by atoms with Gasteiger partial charge in [-0.1, -0.05) is 57.9 Å². The van der Waals surface area contributed by atoms with Gasteiger partial charge in [0.1, 0.15) is 19.0 Å². The number of benzene rings is 3. The predicted molar refractivity (Wildman–Crippen MR) is 122 cm³/mol. The largest absolute Gasteiger partial charge is 0.490 e. The number of pyridine rings is 1. The van der Waals surface area contributed by atoms with E-state index in [2.05, 4.69) is 15.9 Å². The lowest BCUT2D eigenvalue weighted by Gasteiger charge is -2.11. The van der Waals surface area contributed by atoms with Crippen molar-refractivity contribution < 1.29 is 14.3 Å². The van der Waals surface area contributed by atoms with Crippen molar-refractivity contribution in [3.8, 4) is 17.0 Å². The average Bonchev–Trinajstić information content (AvgIpc) is 2.77. The average molecular weight is 483 g/mol. The Morgan fingerprint density at radius 2 is 1.67 bits per heavy atom. The van der Waals surface area contributed by atoms with Crippen molar-refractivity contribution in [3.63, 3.8) is 0 Å². The van der Waals surface area contributed by atoms with Crippen LogP contribution in [-0.2, 0) is 4.74 Å². The highest BCUT2D eigenvalue weighted by Crippen LogP contribution is 2.26. The molecule has 0 atom stereocenters. The van der Waals surface area contributed by atoms with E-state index in [1.165, 1.54) is 0 Å². The molecule has 0 N–H and O–H groups in total. The molecule has 4 nitrogen and oxygen atoms in total. The van der Waals surface area contributed by atoms with E-state index in [0.717, 1.165) is 20.9 Å². The molecule has 150 valence electrons. The Morgan fingerprint density at radius 1 is 0.933 bits per heavy atom. The van der Waals surface area contributed by atoms with Crippen LogP contribution >= 0.6 is 27.5 Å². The highest BCUT2D eigenvalue weighted by Gasteiger charge is 2.15. The van der Waals surface area contributed by atoms with E-state index in [9.17, 15) is 4.79 Å². The van der Waals surface area contributed by atoms with Gasteiger partial charge in [0.25, 0.3) is 0 Å². The second-order valence-electron chi connectivity index (χ2n) is 6.52. The predicted octanol–water partition coefficient (Wildman–Crippen LogP) is 6.55. The molecule has 4 rings (SSSR count). The van der Waals surface area contributed by atoms with Gasteiger partial charge in [0, 0.05) is 20.4 Å². The van der Waals surface area contributed by atoms with Crippen LogP contribution in [0.4, 0.5) is 0 Å². The lowest BCUT2D eigenvalue weighted by atomic mass is 10.0. The minimum Gasteiger partial charge on any atom is -0.490 e. The number of hydrogen-bond donors (Lipinski definition) is 0. The molecule has 0 saturated carbocycles. The summed E-state index contributed by atoms with van der Waals surface area (Å²) in [6, 6.07) is 24.1. The Morgan fingerprint density at radius 3 is 2.43 bits per heavy atom. The molecular weight excluding hydrogens is 466 g/mol. The van der Waals surface area contributed by atoms with Gasteiger partial charge in [-0.05, 0) is 48.5 Å². The maximum atomic E-state index is 12.8. The van der Waals surface area contributed by atoms with Crippen molar-refractivity contribution in [2.24, 2.45) is 0 Å². The van der Waals surface area contributed by atoms with Gasteiger partial charge in [0.15, 0.2) is 0 Å². The van der Waals surface area contributed by atoms with Gasteiger partial charge in [0.2, 0.25) is 0 Å². The number of fused-ring (bicyclic) bond motifs is 1. The molecule has 0 spiro atoms. The van der Waals surface area contributed by atoms with E-state index in [1.807, 2.05) is 48.5 Å². The van der Waals surface area contributed by atoms with Gasteiger partial charge < -0.3 is 9.47 Å². The molecule has 3 aromatic carbocycles. The smallest absolute Gasteiger partial charge is 0.339 e. The number of para-hydroxylation sites is 1. The Kier molecular flexibility index (Phi) is 6.31. The molecule has 0 aliphatic rings. The van der Waals surface area contributed by atoms with Gasteiger partial charge in [0.05, 0.1) is 16.8 Å². The van der Waals surface area contributed by atoms with E-state index >= 15 is 0 Å². The van der Waals surface area contributed by atoms with Crippen molar-refractivity contribution in [1.82, 2.24) is 4.98 Å². The summed E-state index contributed by atoms with van der Waals surface area (Å²) < 4.78 is 12.0. The maximum Gasteiger partial charge on any atom is 0.339 e. The van der Waals surface area contributed by atoms with Crippen LogP contribution < -0.4 is 4.74 Å². The van der Waals surface area contributed by atoms with Crippen LogP contribution in [-0.4, -0.2) is 24.2 Å². The van der Waals surface area contributed by atoms with Crippen molar-refractivity contribution in [2.75, 3.05) is 13.2 Å². The molecule has 0 aliphatic carbocycles. The lowest BCUT2D eigenvalue weighted by molar-refractivity contribution is 0.0452. The highest BCUT2D eigenvalue weighted by molar-refractivity contribution is 9.10. The number of rotatable bonds is 6. The van der Waals surface area contributed by atoms with Gasteiger partial charge in [-0.2, -0.15) is 0 Å². The van der Waals surface area contributed by atoms with Crippen LogP contribution in [0.5, 0.6) is 5.75 Å². The van der Waals surface area contributed by atoms with Gasteiger partial charge in [-0.25, -0.2) is 9.78 Å². The first-order valence-electron chi connectivity index (χ1n) is 9.31. The molecule has 0 saturated heterocycles. The Bertz CT molecular complexity index is 1180. The molecule has 6 heteroatoms. The molecule has 4 aromatic rings. The fourth-order valence-electron chi connectivity index (χ4n) is 3.02. The quantitative estimate of drug-likeness (QED) is 0.231. The number of hydrogen-bond acceptors (Lipinski definition) is 4. The SMILES string of the molecule is O=C(OCCOc1ccc(Cl)cc1)c1cc(-c2ccc(Br)cc2)nc2ccccc12. The van der Waals surface area contributed by atoms with Crippen molar-refractivity contribution in [2.45, 2.75) is 0 Å². The van der Waals surface area contributed by atoms with Crippen molar-refractivity contribution in [3.05, 3.63) is 93.9 Å². The second kappa shape index (κ2) is 9.28. The van der Waals surface area contributed by atoms with E-state index in [1.54, 1.807) is 30.3 Å². The molecular formula is C24H17BrClNO3. The molecule has 0 fully saturated rings. The van der Waals surface area contributed by atoms with Crippen molar-refractivity contribution >= 4 is 44.4 Å². The molecule has 0 bridgehead atoms. The Hall–Kier alpha value is -2.89. The molecule has 0 unspecified atom stereocenters. The highest BCUT2D eigenvalue weighted by atomic mass is 79.9. The van der Waals surface area contributed by atoms with Gasteiger partial charge in [-0.3, -0.25) is 0 Å². The summed E-state index contributed by atoms with van der Waals surface area (Å²) in [6.45, 7) is 0.377. The van der Waals surface area contributed by atoms with Crippen LogP contribution in [0, 0.1) is 0 Å². The zero-order valence-electron chi connectivity index (χ0n) is 15.8. The van der Waals surface area contributed by atoms with Gasteiger partial charge in [-0.15, -0.1) is 0 Å². The molecule has 1 aromatic heterocycles. The molecule has 0 amide bonds. The number of aromatic nitrogens is 1. The number of carbonyl (C=O) groups excluding carboxylic acids is 1. The fraction of sp³-hybridized carbons (Fsp3) is 0.0833. The molecule has 30 heavy (non-hydrogen) atoms. The molecule has 0 radical (unpaired) electrons. The topological polar surface area (TPSA) is 48.4 Å². The Labute approximate surface area is 187 Å². The van der Waals surface area contributed by atoms with Gasteiger partial charge >= 0.3 is 5.97 Å². The normalized spacial score (nSPS) is 10.7. The van der Waals surface area contributed by atoms with Crippen LogP contribution in [0.15, 0.2) is 83.3 Å². The number of carbonyl (C=O) groups is 1. The summed E-state index contributed by atoms with van der Waals surface area (Å²) in [5.41, 5.74) is 2.85. The first kappa shape index (κ1) is 20.4. The molecule has 1 heterocycles. The standard InChI is InChI=1S/C24H17BrClNO3/c25-17-7-5-16(6-8-17)23-15-21(20-3-1-2-4-22(20)27-23)24(28)30-14-13-29-19-11-9-18(26)10-12-19/h1-12,15H,13-14H2. The first-order chi connectivity index (χ1) is 14.6. The zero-order chi connectivity index (χ0) is 20.9. The number of halogens is 2. The first-order valence-corrected chi connectivity index (χ1v) is 10.5. The van der Waals surface area contributed by atoms with E-state index in [0.29, 0.717) is 22.0 Å². The third kappa shape index (κ3) is 4.81. The van der Waals surface area contributed by atoms with E-state index < -0.39 is 5.97 Å². The van der Waals surface area contributed by atoms with E-state index in [-0.39, 0.29) is 13.2 Å². The third-order valence-corrected chi connectivity index (χ3v) is 5.26.